The number of imide groups is 2. The van der Waals surface area contributed by atoms with Gasteiger partial charge < -0.3 is 4.18 Å². The standard InChI is InChI=1S/C25H19ClN2O6S/c1-15-6-9-19(12-16(15)2)28-24(30)22(23(29)27-25(28)31)14-17-4-3-5-20(13-17)34-35(32,33)21-10-7-18(26)8-11-21/h3-14H,1-2H3,(H,27,29,31)/b22-14-. The number of benzene rings is 3. The number of carbonyl (C=O) groups excluding carboxylic acids is 3. The third-order valence-corrected chi connectivity index (χ3v) is 6.84. The van der Waals surface area contributed by atoms with Crippen LogP contribution in [0.5, 0.6) is 5.75 Å². The van der Waals surface area contributed by atoms with Crippen molar-refractivity contribution >= 4 is 51.3 Å². The molecule has 0 radical (unpaired) electrons. The Hall–Kier alpha value is -3.95. The first-order chi connectivity index (χ1) is 16.5. The zero-order valence-corrected chi connectivity index (χ0v) is 20.2. The van der Waals surface area contributed by atoms with E-state index in [2.05, 4.69) is 5.32 Å². The molecule has 0 atom stereocenters. The largest absolute Gasteiger partial charge is 0.379 e. The van der Waals surface area contributed by atoms with Crippen molar-refractivity contribution < 1.29 is 27.0 Å². The smallest absolute Gasteiger partial charge is 0.339 e. The summed E-state index contributed by atoms with van der Waals surface area (Å²) in [5.74, 6) is -1.69. The second-order valence-electron chi connectivity index (χ2n) is 7.79. The molecule has 8 nitrogen and oxygen atoms in total. The summed E-state index contributed by atoms with van der Waals surface area (Å²) >= 11 is 5.81. The Kier molecular flexibility index (Phi) is 6.47. The third-order valence-electron chi connectivity index (χ3n) is 5.33. The highest BCUT2D eigenvalue weighted by molar-refractivity contribution is 7.87. The maximum absolute atomic E-state index is 13.1. The fraction of sp³-hybridized carbons (Fsp3) is 0.0800. The molecule has 0 unspecified atom stereocenters. The molecule has 0 saturated carbocycles. The number of amides is 4. The van der Waals surface area contributed by atoms with Crippen molar-refractivity contribution in [2.24, 2.45) is 0 Å². The Morgan fingerprint density at radius 2 is 1.63 bits per heavy atom. The first-order valence-electron chi connectivity index (χ1n) is 10.3. The Morgan fingerprint density at radius 1 is 0.914 bits per heavy atom. The highest BCUT2D eigenvalue weighted by Gasteiger charge is 2.37. The number of urea groups is 1. The number of nitrogens with zero attached hydrogens (tertiary/aromatic N) is 1. The zero-order chi connectivity index (χ0) is 25.3. The SMILES string of the molecule is Cc1ccc(N2C(=O)NC(=O)/C(=C/c3cccc(OS(=O)(=O)c4ccc(Cl)cc4)c3)C2=O)cc1C. The lowest BCUT2D eigenvalue weighted by atomic mass is 10.1. The van der Waals surface area contributed by atoms with E-state index in [9.17, 15) is 22.8 Å². The maximum Gasteiger partial charge on any atom is 0.339 e. The van der Waals surface area contributed by atoms with Crippen LogP contribution in [0.1, 0.15) is 16.7 Å². The van der Waals surface area contributed by atoms with E-state index in [4.69, 9.17) is 15.8 Å². The van der Waals surface area contributed by atoms with Crippen LogP contribution in [0.2, 0.25) is 5.02 Å². The minimum Gasteiger partial charge on any atom is -0.379 e. The van der Waals surface area contributed by atoms with Gasteiger partial charge in [-0.1, -0.05) is 29.8 Å². The lowest BCUT2D eigenvalue weighted by Gasteiger charge is -2.26. The van der Waals surface area contributed by atoms with Gasteiger partial charge in [-0.15, -0.1) is 0 Å². The van der Waals surface area contributed by atoms with E-state index in [0.717, 1.165) is 16.0 Å². The second-order valence-corrected chi connectivity index (χ2v) is 9.77. The van der Waals surface area contributed by atoms with Gasteiger partial charge in [-0.25, -0.2) is 9.69 Å². The van der Waals surface area contributed by atoms with Gasteiger partial charge in [0.2, 0.25) is 0 Å². The van der Waals surface area contributed by atoms with E-state index in [1.807, 2.05) is 13.8 Å². The van der Waals surface area contributed by atoms with Crippen molar-refractivity contribution in [1.82, 2.24) is 5.32 Å². The molecule has 10 heteroatoms. The van der Waals surface area contributed by atoms with E-state index in [-0.39, 0.29) is 16.2 Å². The Balaban J connectivity index is 1.64. The zero-order valence-electron chi connectivity index (χ0n) is 18.6. The average Bonchev–Trinajstić information content (AvgIpc) is 2.79. The minimum atomic E-state index is -4.14. The van der Waals surface area contributed by atoms with Gasteiger partial charge in [0.05, 0.1) is 5.69 Å². The van der Waals surface area contributed by atoms with Crippen LogP contribution in [0.4, 0.5) is 10.5 Å². The molecule has 1 N–H and O–H groups in total. The summed E-state index contributed by atoms with van der Waals surface area (Å²) in [6.07, 6.45) is 1.26. The van der Waals surface area contributed by atoms with Gasteiger partial charge in [0.15, 0.2) is 0 Å². The molecular formula is C25H19ClN2O6S. The van der Waals surface area contributed by atoms with E-state index in [0.29, 0.717) is 16.3 Å². The number of halogens is 1. The van der Waals surface area contributed by atoms with E-state index >= 15 is 0 Å². The fourth-order valence-electron chi connectivity index (χ4n) is 3.36. The van der Waals surface area contributed by atoms with Crippen LogP contribution in [0.25, 0.3) is 6.08 Å². The number of aryl methyl sites for hydroxylation is 2. The van der Waals surface area contributed by atoms with Crippen LogP contribution in [-0.4, -0.2) is 26.3 Å². The molecule has 0 aromatic heterocycles. The average molecular weight is 511 g/mol. The van der Waals surface area contributed by atoms with Gasteiger partial charge in [-0.3, -0.25) is 14.9 Å². The Bertz CT molecular complexity index is 1500. The molecule has 3 aromatic rings. The number of nitrogens with one attached hydrogen (secondary N) is 1. The molecule has 4 rings (SSSR count). The van der Waals surface area contributed by atoms with Gasteiger partial charge in [0.1, 0.15) is 16.2 Å². The van der Waals surface area contributed by atoms with Crippen LogP contribution in [0, 0.1) is 13.8 Å². The molecular weight excluding hydrogens is 492 g/mol. The van der Waals surface area contributed by atoms with Crippen molar-refractivity contribution in [3.63, 3.8) is 0 Å². The number of carbonyl (C=O) groups is 3. The summed E-state index contributed by atoms with van der Waals surface area (Å²) in [5, 5.41) is 2.54. The van der Waals surface area contributed by atoms with Crippen LogP contribution < -0.4 is 14.4 Å². The van der Waals surface area contributed by atoms with Gasteiger partial charge >= 0.3 is 16.1 Å². The minimum absolute atomic E-state index is 0.0277. The lowest BCUT2D eigenvalue weighted by molar-refractivity contribution is -0.122. The summed E-state index contributed by atoms with van der Waals surface area (Å²) in [7, 11) is -4.14. The number of anilines is 1. The first kappa shape index (κ1) is 24.2. The van der Waals surface area contributed by atoms with Gasteiger partial charge in [0, 0.05) is 5.02 Å². The number of hydrogen-bond acceptors (Lipinski definition) is 6. The van der Waals surface area contributed by atoms with E-state index in [1.165, 1.54) is 48.5 Å². The van der Waals surface area contributed by atoms with Crippen molar-refractivity contribution in [2.45, 2.75) is 18.7 Å². The monoisotopic (exact) mass is 510 g/mol. The molecule has 1 aliphatic heterocycles. The molecule has 1 aliphatic rings. The predicted octanol–water partition coefficient (Wildman–Crippen LogP) is 4.39. The highest BCUT2D eigenvalue weighted by atomic mass is 35.5. The molecule has 35 heavy (non-hydrogen) atoms. The topological polar surface area (TPSA) is 110 Å². The molecule has 1 fully saturated rings. The Morgan fingerprint density at radius 3 is 2.31 bits per heavy atom. The van der Waals surface area contributed by atoms with Gasteiger partial charge in [-0.05, 0) is 85.1 Å². The highest BCUT2D eigenvalue weighted by Crippen LogP contribution is 2.26. The van der Waals surface area contributed by atoms with Crippen LogP contribution in [0.3, 0.4) is 0 Å². The van der Waals surface area contributed by atoms with Crippen molar-refractivity contribution in [2.75, 3.05) is 4.90 Å². The van der Waals surface area contributed by atoms with Crippen molar-refractivity contribution in [3.05, 3.63) is 94.0 Å². The van der Waals surface area contributed by atoms with Crippen LogP contribution in [-0.2, 0) is 19.7 Å². The Labute approximate surface area is 206 Å². The molecule has 0 spiro atoms. The van der Waals surface area contributed by atoms with Crippen LogP contribution >= 0.6 is 11.6 Å². The molecule has 4 amide bonds. The summed E-state index contributed by atoms with van der Waals surface area (Å²) in [6, 6.07) is 15.5. The molecule has 3 aromatic carbocycles. The second kappa shape index (κ2) is 9.36. The maximum atomic E-state index is 13.1. The summed E-state index contributed by atoms with van der Waals surface area (Å²) in [4.78, 5) is 38.8. The van der Waals surface area contributed by atoms with Crippen molar-refractivity contribution in [1.29, 1.82) is 0 Å². The van der Waals surface area contributed by atoms with E-state index < -0.39 is 28.0 Å². The summed E-state index contributed by atoms with van der Waals surface area (Å²) in [5.41, 5.74) is 2.20. The predicted molar refractivity (Wildman–Crippen MR) is 131 cm³/mol. The number of barbiturate groups is 1. The van der Waals surface area contributed by atoms with Crippen LogP contribution in [0.15, 0.2) is 77.2 Å². The van der Waals surface area contributed by atoms with Gasteiger partial charge in [0.25, 0.3) is 11.8 Å². The van der Waals surface area contributed by atoms with Crippen molar-refractivity contribution in [3.8, 4) is 5.75 Å². The normalized spacial score (nSPS) is 15.3. The molecule has 0 bridgehead atoms. The van der Waals surface area contributed by atoms with Gasteiger partial charge in [-0.2, -0.15) is 8.42 Å². The molecule has 0 aliphatic carbocycles. The lowest BCUT2D eigenvalue weighted by Crippen LogP contribution is -2.54. The molecule has 178 valence electrons. The quantitative estimate of drug-likeness (QED) is 0.309. The molecule has 1 heterocycles. The first-order valence-corrected chi connectivity index (χ1v) is 12.1. The number of hydrogen-bond donors (Lipinski definition) is 1. The molecule has 1 saturated heterocycles. The van der Waals surface area contributed by atoms with E-state index in [1.54, 1.807) is 24.3 Å². The summed E-state index contributed by atoms with van der Waals surface area (Å²) in [6.45, 7) is 3.74. The summed E-state index contributed by atoms with van der Waals surface area (Å²) < 4.78 is 30.3. The third kappa shape index (κ3) is 5.11. The number of rotatable bonds is 5. The fourth-order valence-corrected chi connectivity index (χ4v) is 4.40.